The molecule has 0 saturated carbocycles. The summed E-state index contributed by atoms with van der Waals surface area (Å²) in [7, 11) is 0. The van der Waals surface area contributed by atoms with Crippen LogP contribution in [-0.4, -0.2) is 0 Å². The van der Waals surface area contributed by atoms with E-state index in [1.54, 1.807) is 12.1 Å². The van der Waals surface area contributed by atoms with E-state index < -0.39 is 36.3 Å². The van der Waals surface area contributed by atoms with Crippen molar-refractivity contribution in [3.8, 4) is 56.0 Å². The topological polar surface area (TPSA) is 9.23 Å². The van der Waals surface area contributed by atoms with E-state index in [4.69, 9.17) is 18.4 Å². The molecule has 0 aromatic heterocycles. The van der Waals surface area contributed by atoms with Gasteiger partial charge >= 0.3 is 0 Å². The molecule has 0 fully saturated rings. The fourth-order valence-electron chi connectivity index (χ4n) is 8.11. The maximum absolute atomic E-state index is 9.15. The van der Waals surface area contributed by atoms with Gasteiger partial charge in [-0.15, -0.1) is 0 Å². The minimum absolute atomic E-state index is 0.0638. The van der Waals surface area contributed by atoms with E-state index in [2.05, 4.69) is 30.3 Å². The Morgan fingerprint density at radius 3 is 1.80 bits per heavy atom. The highest BCUT2D eigenvalue weighted by Gasteiger charge is 2.24. The Morgan fingerprint density at radius 2 is 1.00 bits per heavy atom. The predicted octanol–water partition coefficient (Wildman–Crippen LogP) is 14.2. The van der Waals surface area contributed by atoms with Crippen LogP contribution in [0.1, 0.15) is 13.7 Å². The number of rotatable bonds is 3. The quantitative estimate of drug-likeness (QED) is 0.136. The molecule has 236 valence electrons. The number of fused-ring (bicyclic) bond motifs is 8. The lowest BCUT2D eigenvalue weighted by atomic mass is 9.82. The van der Waals surface area contributed by atoms with Crippen LogP contribution < -0.4 is 4.74 Å². The second-order valence-corrected chi connectivity index (χ2v) is 12.8. The standard InChI is InChI=1S/C50H30O/c1-3-13-31(14-4-1)35-21-11-22-39-37(35)26-27-42-47(32-15-5-2-6-16-32)40-19-9-10-20-41(40)48(50(39)42)34-25-28-45-43(30-34)44-29-33-17-7-8-18-36(33)38-23-12-24-46(51-45)49(38)44/h1-30H/i1D,2D,3D,4D,5D,6D,13D,14D,15D,16D. The molecule has 0 aliphatic carbocycles. The third-order valence-electron chi connectivity index (χ3n) is 10.2. The van der Waals surface area contributed by atoms with Gasteiger partial charge in [-0.2, -0.15) is 0 Å². The van der Waals surface area contributed by atoms with Gasteiger partial charge in [-0.3, -0.25) is 0 Å². The van der Waals surface area contributed by atoms with Gasteiger partial charge in [0.25, 0.3) is 0 Å². The van der Waals surface area contributed by atoms with Gasteiger partial charge in [0.05, 0.1) is 13.7 Å². The van der Waals surface area contributed by atoms with Crippen molar-refractivity contribution < 1.29 is 18.4 Å². The second kappa shape index (κ2) is 10.9. The summed E-state index contributed by atoms with van der Waals surface area (Å²) in [6.07, 6.45) is 0. The molecular formula is C50H30O. The first-order chi connectivity index (χ1) is 29.5. The zero-order chi connectivity index (χ0) is 42.2. The van der Waals surface area contributed by atoms with Gasteiger partial charge in [0, 0.05) is 10.9 Å². The van der Waals surface area contributed by atoms with Gasteiger partial charge < -0.3 is 4.74 Å². The van der Waals surface area contributed by atoms with E-state index >= 15 is 0 Å². The molecule has 0 radical (unpaired) electrons. The van der Waals surface area contributed by atoms with Crippen LogP contribution in [0, 0.1) is 0 Å². The van der Waals surface area contributed by atoms with E-state index in [1.165, 1.54) is 0 Å². The molecule has 10 aromatic rings. The zero-order valence-electron chi connectivity index (χ0n) is 37.0. The average molecular weight is 657 g/mol. The van der Waals surface area contributed by atoms with Crippen molar-refractivity contribution in [2.45, 2.75) is 0 Å². The van der Waals surface area contributed by atoms with E-state index in [1.807, 2.05) is 78.9 Å². The molecule has 1 heteroatoms. The summed E-state index contributed by atoms with van der Waals surface area (Å²) in [5.74, 6) is 1.46. The lowest BCUT2D eigenvalue weighted by Gasteiger charge is -2.24. The highest BCUT2D eigenvalue weighted by Crippen LogP contribution is 2.52. The Hall–Kier alpha value is -6.70. The molecule has 0 unspecified atom stereocenters. The van der Waals surface area contributed by atoms with Gasteiger partial charge in [-0.25, -0.2) is 0 Å². The number of ether oxygens (including phenoxy) is 1. The molecule has 1 nitrogen and oxygen atoms in total. The SMILES string of the molecule is [2H]c1c([2H])c([2H])c(-c2cccc3c2ccc2c(-c4c([2H])c([2H])c([2H])c([2H])c4[2H])c4ccccc4c(-c4ccc5c(c4)-c4cc6ccccc6c6cccc(c46)O5)c23)c([2H])c1[2H]. The van der Waals surface area contributed by atoms with Crippen LogP contribution >= 0.6 is 0 Å². The van der Waals surface area contributed by atoms with Crippen molar-refractivity contribution in [3.63, 3.8) is 0 Å². The van der Waals surface area contributed by atoms with Gasteiger partial charge in [0.1, 0.15) is 11.5 Å². The summed E-state index contributed by atoms with van der Waals surface area (Å²) in [5.41, 5.74) is 4.58. The highest BCUT2D eigenvalue weighted by atomic mass is 16.5. The fraction of sp³-hybridized carbons (Fsp3) is 0. The molecule has 0 spiro atoms. The van der Waals surface area contributed by atoms with Gasteiger partial charge in [0.2, 0.25) is 0 Å². The van der Waals surface area contributed by atoms with Crippen molar-refractivity contribution in [2.24, 2.45) is 0 Å². The molecule has 1 aliphatic rings. The fourth-order valence-corrected chi connectivity index (χ4v) is 8.11. The Bertz CT molecular complexity index is 3580. The number of hydrogen-bond donors (Lipinski definition) is 0. The van der Waals surface area contributed by atoms with E-state index in [-0.39, 0.29) is 35.3 Å². The first-order valence-corrected chi connectivity index (χ1v) is 16.8. The third kappa shape index (κ3) is 4.16. The lowest BCUT2D eigenvalue weighted by molar-refractivity contribution is 0.487. The van der Waals surface area contributed by atoms with Gasteiger partial charge in [-0.05, 0) is 112 Å². The van der Waals surface area contributed by atoms with E-state index in [0.29, 0.717) is 43.8 Å². The third-order valence-corrected chi connectivity index (χ3v) is 10.2. The second-order valence-electron chi connectivity index (χ2n) is 12.8. The van der Waals surface area contributed by atoms with Crippen molar-refractivity contribution in [2.75, 3.05) is 0 Å². The zero-order valence-corrected chi connectivity index (χ0v) is 27.0. The molecule has 0 bridgehead atoms. The Kier molecular flexibility index (Phi) is 4.29. The molecule has 0 saturated heterocycles. The normalized spacial score (nSPS) is 14.8. The molecule has 0 amide bonds. The first kappa shape index (κ1) is 20.1. The Balaban J connectivity index is 1.31. The number of hydrogen-bond acceptors (Lipinski definition) is 1. The van der Waals surface area contributed by atoms with Crippen molar-refractivity contribution in [1.82, 2.24) is 0 Å². The molecule has 1 heterocycles. The Morgan fingerprint density at radius 1 is 0.353 bits per heavy atom. The van der Waals surface area contributed by atoms with Crippen LogP contribution in [0.25, 0.3) is 98.4 Å². The number of benzene rings is 10. The van der Waals surface area contributed by atoms with Gasteiger partial charge in [-0.1, -0.05) is 157 Å². The maximum Gasteiger partial charge on any atom is 0.135 e. The van der Waals surface area contributed by atoms with Crippen LogP contribution in [0.5, 0.6) is 11.5 Å². The minimum atomic E-state index is -0.488. The smallest absolute Gasteiger partial charge is 0.135 e. The highest BCUT2D eigenvalue weighted by molar-refractivity contribution is 6.29. The van der Waals surface area contributed by atoms with Crippen LogP contribution in [0.15, 0.2) is 182 Å². The minimum Gasteiger partial charge on any atom is -0.456 e. The summed E-state index contributed by atoms with van der Waals surface area (Å²) in [6.45, 7) is 0. The van der Waals surface area contributed by atoms with E-state index in [9.17, 15) is 0 Å². The van der Waals surface area contributed by atoms with Crippen molar-refractivity contribution >= 4 is 53.9 Å². The predicted molar refractivity (Wildman–Crippen MR) is 216 cm³/mol. The molecular weight excluding hydrogens is 617 g/mol. The molecule has 0 N–H and O–H groups in total. The van der Waals surface area contributed by atoms with Crippen molar-refractivity contribution in [1.29, 1.82) is 0 Å². The lowest BCUT2D eigenvalue weighted by Crippen LogP contribution is -1.98. The summed E-state index contributed by atoms with van der Waals surface area (Å²) in [6, 6.07) is 35.4. The summed E-state index contributed by atoms with van der Waals surface area (Å²) in [4.78, 5) is 0. The van der Waals surface area contributed by atoms with Crippen LogP contribution in [0.3, 0.4) is 0 Å². The van der Waals surface area contributed by atoms with Crippen molar-refractivity contribution in [3.05, 3.63) is 182 Å². The monoisotopic (exact) mass is 656 g/mol. The largest absolute Gasteiger partial charge is 0.456 e. The van der Waals surface area contributed by atoms with Crippen LogP contribution in [-0.2, 0) is 0 Å². The molecule has 51 heavy (non-hydrogen) atoms. The average Bonchev–Trinajstić information content (AvgIpc) is 3.28. The summed E-state index contributed by atoms with van der Waals surface area (Å²) in [5, 5.41) is 8.34. The summed E-state index contributed by atoms with van der Waals surface area (Å²) >= 11 is 0. The molecule has 10 aromatic carbocycles. The Labute approximate surface area is 309 Å². The first-order valence-electron chi connectivity index (χ1n) is 21.8. The summed E-state index contributed by atoms with van der Waals surface area (Å²) < 4.78 is 93.7. The van der Waals surface area contributed by atoms with Crippen LogP contribution in [0.4, 0.5) is 0 Å². The van der Waals surface area contributed by atoms with E-state index in [0.717, 1.165) is 54.9 Å². The maximum atomic E-state index is 9.15. The molecule has 0 atom stereocenters. The molecule has 1 aliphatic heterocycles. The molecule has 11 rings (SSSR count). The van der Waals surface area contributed by atoms with Gasteiger partial charge in [0.15, 0.2) is 0 Å². The van der Waals surface area contributed by atoms with Crippen LogP contribution in [0.2, 0.25) is 0 Å².